The first-order valence-corrected chi connectivity index (χ1v) is 7.99. The fraction of sp³-hybridized carbons (Fsp3) is 0.846. The molecule has 2 fully saturated rings. The van der Waals surface area contributed by atoms with E-state index in [1.54, 1.807) is 0 Å². The van der Waals surface area contributed by atoms with Crippen molar-refractivity contribution < 1.29 is 14.3 Å². The van der Waals surface area contributed by atoms with Gasteiger partial charge in [-0.15, -0.1) is 0 Å². The number of nitrogens with zero attached hydrogens (tertiary/aromatic N) is 1. The number of ether oxygens (including phenoxy) is 1. The van der Waals surface area contributed by atoms with Gasteiger partial charge in [0.15, 0.2) is 0 Å². The third-order valence-corrected chi connectivity index (χ3v) is 5.20. The molecular weight excluding hydrogens is 312 g/mol. The Morgan fingerprint density at radius 3 is 2.68 bits per heavy atom. The van der Waals surface area contributed by atoms with Crippen molar-refractivity contribution in [2.45, 2.75) is 38.6 Å². The minimum absolute atomic E-state index is 0.0354. The minimum Gasteiger partial charge on any atom is -0.381 e. The van der Waals surface area contributed by atoms with E-state index >= 15 is 0 Å². The molecule has 5 nitrogen and oxygen atoms in total. The van der Waals surface area contributed by atoms with Crippen LogP contribution >= 0.6 is 15.9 Å². The lowest BCUT2D eigenvalue weighted by molar-refractivity contribution is -0.129. The molecule has 0 radical (unpaired) electrons. The number of amides is 3. The Kier molecular flexibility index (Phi) is 4.84. The zero-order valence-electron chi connectivity index (χ0n) is 11.3. The molecule has 2 aliphatic rings. The molecule has 0 bridgehead atoms. The fourth-order valence-corrected chi connectivity index (χ4v) is 3.42. The van der Waals surface area contributed by atoms with Crippen LogP contribution in [0, 0.1) is 5.41 Å². The Hall–Kier alpha value is -0.620. The van der Waals surface area contributed by atoms with Gasteiger partial charge in [-0.1, -0.05) is 29.3 Å². The Balaban J connectivity index is 2.04. The van der Waals surface area contributed by atoms with E-state index in [0.29, 0.717) is 26.2 Å². The molecule has 19 heavy (non-hydrogen) atoms. The van der Waals surface area contributed by atoms with E-state index in [9.17, 15) is 9.59 Å². The topological polar surface area (TPSA) is 58.6 Å². The van der Waals surface area contributed by atoms with Crippen LogP contribution in [-0.4, -0.2) is 48.0 Å². The smallest absolute Gasteiger partial charge is 0.324 e. The summed E-state index contributed by atoms with van der Waals surface area (Å²) in [4.78, 5) is 25.6. The highest BCUT2D eigenvalue weighted by Crippen LogP contribution is 2.34. The van der Waals surface area contributed by atoms with Gasteiger partial charge in [-0.3, -0.25) is 9.69 Å². The molecule has 2 saturated heterocycles. The highest BCUT2D eigenvalue weighted by molar-refractivity contribution is 9.09. The summed E-state index contributed by atoms with van der Waals surface area (Å²) in [5.41, 5.74) is -0.0354. The number of nitrogens with one attached hydrogen (secondary N) is 1. The van der Waals surface area contributed by atoms with Crippen LogP contribution in [0.25, 0.3) is 0 Å². The second kappa shape index (κ2) is 6.22. The van der Waals surface area contributed by atoms with Crippen LogP contribution in [0.2, 0.25) is 0 Å². The second-order valence-electron chi connectivity index (χ2n) is 5.46. The van der Waals surface area contributed by atoms with E-state index in [1.165, 1.54) is 4.90 Å². The first-order chi connectivity index (χ1) is 9.12. The van der Waals surface area contributed by atoms with Gasteiger partial charge in [-0.25, -0.2) is 4.79 Å². The summed E-state index contributed by atoms with van der Waals surface area (Å²) >= 11 is 3.54. The Labute approximate surface area is 122 Å². The highest BCUT2D eigenvalue weighted by Gasteiger charge is 2.43. The molecule has 0 aromatic rings. The summed E-state index contributed by atoms with van der Waals surface area (Å²) < 4.78 is 5.38. The lowest BCUT2D eigenvalue weighted by atomic mass is 9.82. The van der Waals surface area contributed by atoms with Gasteiger partial charge in [0.1, 0.15) is 6.04 Å². The lowest BCUT2D eigenvalue weighted by Crippen LogP contribution is -2.45. The molecule has 0 aliphatic carbocycles. The quantitative estimate of drug-likeness (QED) is 0.618. The van der Waals surface area contributed by atoms with E-state index < -0.39 is 0 Å². The van der Waals surface area contributed by atoms with Crippen LogP contribution in [-0.2, 0) is 9.53 Å². The molecule has 1 unspecified atom stereocenters. The van der Waals surface area contributed by atoms with Crippen LogP contribution in [0.3, 0.4) is 0 Å². The van der Waals surface area contributed by atoms with Crippen molar-refractivity contribution in [3.63, 3.8) is 0 Å². The number of rotatable bonds is 5. The van der Waals surface area contributed by atoms with E-state index in [-0.39, 0.29) is 23.4 Å². The maximum Gasteiger partial charge on any atom is 0.324 e. The predicted octanol–water partition coefficient (Wildman–Crippen LogP) is 1.90. The number of imide groups is 1. The number of carbonyl (C=O) groups is 2. The highest BCUT2D eigenvalue weighted by atomic mass is 79.9. The van der Waals surface area contributed by atoms with Crippen LogP contribution < -0.4 is 5.32 Å². The van der Waals surface area contributed by atoms with Crippen molar-refractivity contribution >= 4 is 27.9 Å². The molecular formula is C13H21BrN2O3. The van der Waals surface area contributed by atoms with Crippen molar-refractivity contribution in [1.29, 1.82) is 0 Å². The molecule has 0 spiro atoms. The monoisotopic (exact) mass is 332 g/mol. The second-order valence-corrected chi connectivity index (χ2v) is 6.02. The largest absolute Gasteiger partial charge is 0.381 e. The number of carbonyl (C=O) groups excluding carboxylic acids is 2. The maximum absolute atomic E-state index is 12.2. The predicted molar refractivity (Wildman–Crippen MR) is 75.2 cm³/mol. The first kappa shape index (κ1) is 14.8. The third kappa shape index (κ3) is 3.11. The van der Waals surface area contributed by atoms with Gasteiger partial charge in [0, 0.05) is 30.5 Å². The van der Waals surface area contributed by atoms with Crippen LogP contribution in [0.4, 0.5) is 4.79 Å². The molecule has 2 aliphatic heterocycles. The Morgan fingerprint density at radius 2 is 2.11 bits per heavy atom. The van der Waals surface area contributed by atoms with Crippen molar-refractivity contribution in [1.82, 2.24) is 10.2 Å². The zero-order chi connectivity index (χ0) is 13.9. The number of halogens is 1. The third-order valence-electron chi connectivity index (χ3n) is 4.01. The average Bonchev–Trinajstić information content (AvgIpc) is 2.68. The van der Waals surface area contributed by atoms with Gasteiger partial charge in [-0.05, 0) is 19.3 Å². The van der Waals surface area contributed by atoms with Gasteiger partial charge in [0.2, 0.25) is 0 Å². The normalized spacial score (nSPS) is 26.6. The number of alkyl halides is 1. The molecule has 1 N–H and O–H groups in total. The average molecular weight is 333 g/mol. The molecule has 0 saturated carbocycles. The minimum atomic E-state index is -0.329. The number of hydrogen-bond acceptors (Lipinski definition) is 3. The molecule has 1 atom stereocenters. The first-order valence-electron chi connectivity index (χ1n) is 6.87. The van der Waals surface area contributed by atoms with Crippen molar-refractivity contribution in [2.75, 3.05) is 25.1 Å². The molecule has 3 amide bonds. The van der Waals surface area contributed by atoms with Gasteiger partial charge in [0.25, 0.3) is 5.91 Å². The molecule has 2 rings (SSSR count). The summed E-state index contributed by atoms with van der Waals surface area (Å²) in [7, 11) is 0. The number of urea groups is 1. The summed E-state index contributed by atoms with van der Waals surface area (Å²) in [5.74, 6) is -0.0707. The van der Waals surface area contributed by atoms with E-state index in [2.05, 4.69) is 21.2 Å². The van der Waals surface area contributed by atoms with E-state index in [1.807, 2.05) is 6.92 Å². The SMILES string of the molecule is CCCC1NC(=O)N(CC2(CBr)CCOCC2)C1=O. The Morgan fingerprint density at radius 1 is 1.42 bits per heavy atom. The fourth-order valence-electron chi connectivity index (χ4n) is 2.68. The summed E-state index contributed by atoms with van der Waals surface area (Å²) in [6, 6.07) is -0.569. The number of hydrogen-bond donors (Lipinski definition) is 1. The van der Waals surface area contributed by atoms with Gasteiger partial charge < -0.3 is 10.1 Å². The van der Waals surface area contributed by atoms with Gasteiger partial charge >= 0.3 is 6.03 Å². The lowest BCUT2D eigenvalue weighted by Gasteiger charge is -2.37. The molecule has 0 aromatic heterocycles. The molecule has 6 heteroatoms. The maximum atomic E-state index is 12.2. The standard InChI is InChI=1S/C13H21BrN2O3/c1-2-3-10-11(17)16(12(18)15-10)9-13(8-14)4-6-19-7-5-13/h10H,2-9H2,1H3,(H,15,18). The molecule has 0 aromatic carbocycles. The van der Waals surface area contributed by atoms with Crippen molar-refractivity contribution in [3.8, 4) is 0 Å². The van der Waals surface area contributed by atoms with Crippen LogP contribution in [0.15, 0.2) is 0 Å². The molecule has 108 valence electrons. The van der Waals surface area contributed by atoms with Crippen molar-refractivity contribution in [3.05, 3.63) is 0 Å². The zero-order valence-corrected chi connectivity index (χ0v) is 12.9. The van der Waals surface area contributed by atoms with Gasteiger partial charge in [0.05, 0.1) is 0 Å². The van der Waals surface area contributed by atoms with E-state index in [0.717, 1.165) is 24.6 Å². The van der Waals surface area contributed by atoms with Crippen LogP contribution in [0.5, 0.6) is 0 Å². The Bertz CT molecular complexity index is 356. The summed E-state index contributed by atoms with van der Waals surface area (Å²) in [5, 5.41) is 3.57. The van der Waals surface area contributed by atoms with Gasteiger partial charge in [-0.2, -0.15) is 0 Å². The van der Waals surface area contributed by atoms with Crippen molar-refractivity contribution in [2.24, 2.45) is 5.41 Å². The summed E-state index contributed by atoms with van der Waals surface area (Å²) in [6.07, 6.45) is 3.37. The molecule has 2 heterocycles. The summed E-state index contributed by atoms with van der Waals surface area (Å²) in [6.45, 7) is 3.91. The van der Waals surface area contributed by atoms with Crippen LogP contribution in [0.1, 0.15) is 32.6 Å². The van der Waals surface area contributed by atoms with E-state index in [4.69, 9.17) is 4.74 Å².